The van der Waals surface area contributed by atoms with Gasteiger partial charge in [0.25, 0.3) is 5.56 Å². The summed E-state index contributed by atoms with van der Waals surface area (Å²) >= 11 is 0. The van der Waals surface area contributed by atoms with Crippen LogP contribution in [0.15, 0.2) is 71.8 Å². The Morgan fingerprint density at radius 1 is 0.964 bits per heavy atom. The first kappa shape index (κ1) is 17.7. The Kier molecular flexibility index (Phi) is 4.76. The first-order chi connectivity index (χ1) is 13.7. The van der Waals surface area contributed by atoms with Gasteiger partial charge in [0.1, 0.15) is 0 Å². The summed E-state index contributed by atoms with van der Waals surface area (Å²) in [7, 11) is 3.10. The van der Waals surface area contributed by atoms with Gasteiger partial charge in [0.2, 0.25) is 6.54 Å². The minimum absolute atomic E-state index is 0.208. The molecule has 2 aromatic carbocycles. The highest BCUT2D eigenvalue weighted by Gasteiger charge is 2.13. The van der Waals surface area contributed by atoms with E-state index in [1.165, 1.54) is 7.11 Å². The second-order valence-corrected chi connectivity index (χ2v) is 6.37. The van der Waals surface area contributed by atoms with E-state index >= 15 is 0 Å². The first-order valence-electron chi connectivity index (χ1n) is 8.87. The van der Waals surface area contributed by atoms with E-state index < -0.39 is 0 Å². The zero-order valence-electron chi connectivity index (χ0n) is 15.7. The van der Waals surface area contributed by atoms with Gasteiger partial charge in [-0.15, -0.1) is 0 Å². The highest BCUT2D eigenvalue weighted by atomic mass is 16.5. The number of pyridine rings is 1. The summed E-state index contributed by atoms with van der Waals surface area (Å²) in [6, 6.07) is 17.5. The number of ether oxygens (including phenoxy) is 2. The molecule has 0 saturated carbocycles. The van der Waals surface area contributed by atoms with Gasteiger partial charge < -0.3 is 14.5 Å². The molecule has 0 aliphatic carbocycles. The Morgan fingerprint density at radius 3 is 2.43 bits per heavy atom. The van der Waals surface area contributed by atoms with Crippen LogP contribution in [0.4, 0.5) is 0 Å². The quantitative estimate of drug-likeness (QED) is 0.546. The van der Waals surface area contributed by atoms with Crippen LogP contribution >= 0.6 is 0 Å². The van der Waals surface area contributed by atoms with Gasteiger partial charge >= 0.3 is 0 Å². The Hall–Kier alpha value is -3.67. The van der Waals surface area contributed by atoms with Crippen LogP contribution in [0.2, 0.25) is 0 Å². The maximum absolute atomic E-state index is 12.5. The number of benzene rings is 2. The fourth-order valence-electron chi connectivity index (χ4n) is 3.18. The average Bonchev–Trinajstić information content (AvgIpc) is 2.73. The second kappa shape index (κ2) is 7.52. The predicted octanol–water partition coefficient (Wildman–Crippen LogP) is 2.94. The van der Waals surface area contributed by atoms with Crippen molar-refractivity contribution in [2.75, 3.05) is 14.2 Å². The van der Waals surface area contributed by atoms with Gasteiger partial charge in [0, 0.05) is 17.7 Å². The Labute approximate surface area is 162 Å². The number of aromatic amines is 1. The van der Waals surface area contributed by atoms with Crippen LogP contribution < -0.4 is 19.6 Å². The molecular formula is C22H20N3O3+. The van der Waals surface area contributed by atoms with Crippen LogP contribution in [-0.4, -0.2) is 24.2 Å². The van der Waals surface area contributed by atoms with Crippen LogP contribution in [0.5, 0.6) is 11.5 Å². The monoisotopic (exact) mass is 374 g/mol. The molecule has 0 atom stereocenters. The molecule has 0 radical (unpaired) electrons. The lowest BCUT2D eigenvalue weighted by Crippen LogP contribution is -2.35. The molecule has 2 heterocycles. The molecule has 28 heavy (non-hydrogen) atoms. The smallest absolute Gasteiger partial charge is 0.259 e. The fourth-order valence-corrected chi connectivity index (χ4v) is 3.18. The number of methoxy groups -OCH3 is 2. The topological polar surface area (TPSA) is 68.1 Å². The van der Waals surface area contributed by atoms with Crippen molar-refractivity contribution >= 4 is 10.9 Å². The molecule has 6 heteroatoms. The summed E-state index contributed by atoms with van der Waals surface area (Å²) in [5.41, 5.74) is 2.59. The number of hydrogen-bond acceptors (Lipinski definition) is 4. The van der Waals surface area contributed by atoms with Gasteiger partial charge in [-0.05, 0) is 17.7 Å². The fraction of sp³-hybridized carbons (Fsp3) is 0.136. The minimum Gasteiger partial charge on any atom is -0.493 e. The largest absolute Gasteiger partial charge is 0.493 e. The van der Waals surface area contributed by atoms with E-state index in [2.05, 4.69) is 28.2 Å². The number of rotatable bonds is 5. The van der Waals surface area contributed by atoms with Crippen molar-refractivity contribution in [3.63, 3.8) is 0 Å². The summed E-state index contributed by atoms with van der Waals surface area (Å²) in [6.07, 6.45) is 3.99. The SMILES string of the molecule is COc1cc2nc(C[n+]3cccc(-c4ccccc4)c3)[nH]c(=O)c2cc1OC. The van der Waals surface area contributed by atoms with Gasteiger partial charge in [-0.2, -0.15) is 4.57 Å². The van der Waals surface area contributed by atoms with E-state index in [4.69, 9.17) is 9.47 Å². The molecule has 0 fully saturated rings. The molecule has 0 saturated heterocycles. The summed E-state index contributed by atoms with van der Waals surface area (Å²) in [5, 5.41) is 0.462. The molecule has 4 rings (SSSR count). The molecule has 0 unspecified atom stereocenters. The van der Waals surface area contributed by atoms with Crippen LogP contribution in [0.1, 0.15) is 5.82 Å². The van der Waals surface area contributed by atoms with E-state index in [0.717, 1.165) is 11.1 Å². The summed E-state index contributed by atoms with van der Waals surface area (Å²) < 4.78 is 12.6. The van der Waals surface area contributed by atoms with Gasteiger partial charge in [-0.25, -0.2) is 4.98 Å². The minimum atomic E-state index is -0.208. The van der Waals surface area contributed by atoms with E-state index in [1.807, 2.05) is 41.2 Å². The number of fused-ring (bicyclic) bond motifs is 1. The number of hydrogen-bond donors (Lipinski definition) is 1. The van der Waals surface area contributed by atoms with Crippen LogP contribution in [0.25, 0.3) is 22.0 Å². The van der Waals surface area contributed by atoms with Crippen molar-refractivity contribution in [1.82, 2.24) is 9.97 Å². The average molecular weight is 374 g/mol. The van der Waals surface area contributed by atoms with Crippen molar-refractivity contribution < 1.29 is 14.0 Å². The van der Waals surface area contributed by atoms with Crippen LogP contribution in [-0.2, 0) is 6.54 Å². The maximum atomic E-state index is 12.5. The van der Waals surface area contributed by atoms with Crippen molar-refractivity contribution in [1.29, 1.82) is 0 Å². The lowest BCUT2D eigenvalue weighted by atomic mass is 10.1. The molecule has 0 spiro atoms. The summed E-state index contributed by atoms with van der Waals surface area (Å²) in [5.74, 6) is 1.61. The maximum Gasteiger partial charge on any atom is 0.259 e. The molecule has 0 amide bonds. The Bertz CT molecular complexity index is 1190. The lowest BCUT2D eigenvalue weighted by molar-refractivity contribution is -0.688. The zero-order valence-corrected chi connectivity index (χ0v) is 15.7. The van der Waals surface area contributed by atoms with Crippen molar-refractivity contribution in [2.24, 2.45) is 0 Å². The zero-order chi connectivity index (χ0) is 19.5. The van der Waals surface area contributed by atoms with Gasteiger partial charge in [0.15, 0.2) is 29.7 Å². The third-order valence-electron chi connectivity index (χ3n) is 4.56. The highest BCUT2D eigenvalue weighted by molar-refractivity contribution is 5.81. The number of nitrogens with zero attached hydrogens (tertiary/aromatic N) is 2. The molecule has 6 nitrogen and oxygen atoms in total. The van der Waals surface area contributed by atoms with Gasteiger partial charge in [0.05, 0.1) is 25.1 Å². The first-order valence-corrected chi connectivity index (χ1v) is 8.87. The third-order valence-corrected chi connectivity index (χ3v) is 4.56. The predicted molar refractivity (Wildman–Crippen MR) is 107 cm³/mol. The highest BCUT2D eigenvalue weighted by Crippen LogP contribution is 2.29. The molecule has 0 aliphatic rings. The summed E-state index contributed by atoms with van der Waals surface area (Å²) in [6.45, 7) is 0.445. The van der Waals surface area contributed by atoms with Crippen molar-refractivity contribution in [3.05, 3.63) is 83.2 Å². The second-order valence-electron chi connectivity index (χ2n) is 6.37. The lowest BCUT2D eigenvalue weighted by Gasteiger charge is -2.09. The Morgan fingerprint density at radius 2 is 1.68 bits per heavy atom. The molecule has 0 bridgehead atoms. The van der Waals surface area contributed by atoms with E-state index in [0.29, 0.717) is 34.8 Å². The molecule has 0 aliphatic heterocycles. The van der Waals surface area contributed by atoms with E-state index in [-0.39, 0.29) is 5.56 Å². The summed E-state index contributed by atoms with van der Waals surface area (Å²) in [4.78, 5) is 20.0. The van der Waals surface area contributed by atoms with Gasteiger partial charge in [-0.1, -0.05) is 30.3 Å². The molecule has 140 valence electrons. The molecular weight excluding hydrogens is 354 g/mol. The van der Waals surface area contributed by atoms with E-state index in [1.54, 1.807) is 19.2 Å². The van der Waals surface area contributed by atoms with Crippen molar-refractivity contribution in [2.45, 2.75) is 6.54 Å². The number of nitrogens with one attached hydrogen (secondary N) is 1. The van der Waals surface area contributed by atoms with Crippen LogP contribution in [0.3, 0.4) is 0 Å². The van der Waals surface area contributed by atoms with E-state index in [9.17, 15) is 4.79 Å². The third kappa shape index (κ3) is 3.44. The number of aromatic nitrogens is 3. The molecule has 1 N–H and O–H groups in total. The number of H-pyrrole nitrogens is 1. The standard InChI is InChI=1S/C22H19N3O3/c1-27-19-11-17-18(12-20(19)28-2)23-21(24-22(17)26)14-25-10-6-9-16(13-25)15-7-4-3-5-8-15/h3-13H,14H2,1-2H3/p+1. The van der Waals surface area contributed by atoms with Crippen LogP contribution in [0, 0.1) is 0 Å². The van der Waals surface area contributed by atoms with Gasteiger partial charge in [-0.3, -0.25) is 4.79 Å². The van der Waals surface area contributed by atoms with Crippen molar-refractivity contribution in [3.8, 4) is 22.6 Å². The normalized spacial score (nSPS) is 10.8. The molecule has 2 aromatic heterocycles. The Balaban J connectivity index is 1.71. The molecule has 4 aromatic rings.